The van der Waals surface area contributed by atoms with Crippen molar-refractivity contribution in [1.29, 1.82) is 0 Å². The largest absolute Gasteiger partial charge is 0.488 e. The lowest BCUT2D eigenvalue weighted by atomic mass is 10.1. The Kier molecular flexibility index (Phi) is 3.01. The van der Waals surface area contributed by atoms with E-state index in [2.05, 4.69) is 5.32 Å². The number of hydrogen-bond donors (Lipinski definition) is 2. The summed E-state index contributed by atoms with van der Waals surface area (Å²) in [6.45, 7) is 1.53. The second kappa shape index (κ2) is 4.44. The number of hydrogen-bond acceptors (Lipinski definition) is 3. The third kappa shape index (κ3) is 2.25. The Balaban J connectivity index is 1.96. The lowest BCUT2D eigenvalue weighted by Crippen LogP contribution is -2.46. The maximum atomic E-state index is 9.64. The molecule has 2 unspecified atom stereocenters. The third-order valence-electron chi connectivity index (χ3n) is 2.42. The molecule has 2 N–H and O–H groups in total. The molecule has 0 radical (unpaired) electrons. The number of aliphatic hydroxyl groups excluding tert-OH is 1. The zero-order valence-corrected chi connectivity index (χ0v) is 8.02. The molecule has 1 aliphatic rings. The van der Waals surface area contributed by atoms with Gasteiger partial charge >= 0.3 is 0 Å². The second-order valence-corrected chi connectivity index (χ2v) is 3.53. The van der Waals surface area contributed by atoms with Crippen LogP contribution in [0.15, 0.2) is 30.3 Å². The molecule has 3 heteroatoms. The number of rotatable bonds is 2. The average Bonchev–Trinajstić information content (AvgIpc) is 2.23. The van der Waals surface area contributed by atoms with E-state index in [4.69, 9.17) is 4.74 Å². The Hall–Kier alpha value is -1.06. The van der Waals surface area contributed by atoms with Crippen molar-refractivity contribution >= 4 is 0 Å². The molecule has 1 aromatic rings. The molecule has 1 aliphatic heterocycles. The van der Waals surface area contributed by atoms with Crippen LogP contribution in [-0.4, -0.2) is 30.4 Å². The van der Waals surface area contributed by atoms with E-state index in [-0.39, 0.29) is 6.10 Å². The van der Waals surface area contributed by atoms with Gasteiger partial charge in [0, 0.05) is 6.54 Å². The van der Waals surface area contributed by atoms with Crippen molar-refractivity contribution in [2.75, 3.05) is 13.1 Å². The van der Waals surface area contributed by atoms with Crippen molar-refractivity contribution in [1.82, 2.24) is 5.32 Å². The molecule has 1 heterocycles. The summed E-state index contributed by atoms with van der Waals surface area (Å²) in [5, 5.41) is 12.8. The molecule has 1 aromatic carbocycles. The molecule has 1 saturated heterocycles. The van der Waals surface area contributed by atoms with Crippen LogP contribution in [0, 0.1) is 0 Å². The zero-order chi connectivity index (χ0) is 9.80. The van der Waals surface area contributed by atoms with E-state index in [1.54, 1.807) is 0 Å². The van der Waals surface area contributed by atoms with Gasteiger partial charge in [-0.25, -0.2) is 0 Å². The minimum absolute atomic E-state index is 0.0707. The number of para-hydroxylation sites is 1. The van der Waals surface area contributed by atoms with Crippen molar-refractivity contribution < 1.29 is 9.84 Å². The van der Waals surface area contributed by atoms with Crippen LogP contribution in [0.25, 0.3) is 0 Å². The fraction of sp³-hybridized carbons (Fsp3) is 0.455. The molecule has 1 fully saturated rings. The smallest absolute Gasteiger partial charge is 0.127 e. The van der Waals surface area contributed by atoms with Gasteiger partial charge in [-0.3, -0.25) is 0 Å². The monoisotopic (exact) mass is 193 g/mol. The predicted octanol–water partition coefficient (Wildman–Crippen LogP) is 0.788. The van der Waals surface area contributed by atoms with Crippen LogP contribution in [0.4, 0.5) is 0 Å². The maximum Gasteiger partial charge on any atom is 0.127 e. The highest BCUT2D eigenvalue weighted by molar-refractivity contribution is 5.21. The standard InChI is InChI=1S/C11H15NO2/c13-10-8-12-7-6-11(10)14-9-4-2-1-3-5-9/h1-5,10-13H,6-8H2. The van der Waals surface area contributed by atoms with Crippen molar-refractivity contribution in [3.63, 3.8) is 0 Å². The van der Waals surface area contributed by atoms with Crippen molar-refractivity contribution in [2.24, 2.45) is 0 Å². The molecule has 14 heavy (non-hydrogen) atoms. The van der Waals surface area contributed by atoms with Crippen LogP contribution in [0.1, 0.15) is 6.42 Å². The minimum atomic E-state index is -0.399. The van der Waals surface area contributed by atoms with E-state index in [1.807, 2.05) is 30.3 Å². The Morgan fingerprint density at radius 1 is 1.29 bits per heavy atom. The van der Waals surface area contributed by atoms with Crippen LogP contribution in [0.2, 0.25) is 0 Å². The van der Waals surface area contributed by atoms with Gasteiger partial charge in [-0.1, -0.05) is 18.2 Å². The van der Waals surface area contributed by atoms with Crippen molar-refractivity contribution in [2.45, 2.75) is 18.6 Å². The number of piperidine rings is 1. The number of ether oxygens (including phenoxy) is 1. The molecular weight excluding hydrogens is 178 g/mol. The van der Waals surface area contributed by atoms with Gasteiger partial charge in [0.05, 0.1) is 0 Å². The van der Waals surface area contributed by atoms with Gasteiger partial charge in [0.1, 0.15) is 18.0 Å². The van der Waals surface area contributed by atoms with E-state index >= 15 is 0 Å². The Bertz CT molecular complexity index is 276. The van der Waals surface area contributed by atoms with E-state index < -0.39 is 6.10 Å². The third-order valence-corrected chi connectivity index (χ3v) is 2.42. The predicted molar refractivity (Wildman–Crippen MR) is 54.4 cm³/mol. The summed E-state index contributed by atoms with van der Waals surface area (Å²) in [4.78, 5) is 0. The lowest BCUT2D eigenvalue weighted by Gasteiger charge is -2.28. The van der Waals surface area contributed by atoms with Crippen molar-refractivity contribution in [3.8, 4) is 5.75 Å². The first-order chi connectivity index (χ1) is 6.86. The first-order valence-electron chi connectivity index (χ1n) is 4.97. The summed E-state index contributed by atoms with van der Waals surface area (Å²) in [7, 11) is 0. The van der Waals surface area contributed by atoms with Crippen LogP contribution >= 0.6 is 0 Å². The summed E-state index contributed by atoms with van der Waals surface area (Å²) in [6.07, 6.45) is 0.387. The quantitative estimate of drug-likeness (QED) is 0.729. The average molecular weight is 193 g/mol. The zero-order valence-electron chi connectivity index (χ0n) is 8.02. The Morgan fingerprint density at radius 3 is 2.79 bits per heavy atom. The molecule has 0 aliphatic carbocycles. The van der Waals surface area contributed by atoms with E-state index in [0.717, 1.165) is 18.7 Å². The van der Waals surface area contributed by atoms with E-state index in [0.29, 0.717) is 6.54 Å². The van der Waals surface area contributed by atoms with Gasteiger partial charge in [0.25, 0.3) is 0 Å². The van der Waals surface area contributed by atoms with Crippen LogP contribution in [-0.2, 0) is 0 Å². The topological polar surface area (TPSA) is 41.5 Å². The normalized spacial score (nSPS) is 27.2. The van der Waals surface area contributed by atoms with Gasteiger partial charge in [-0.05, 0) is 25.1 Å². The fourth-order valence-corrected chi connectivity index (χ4v) is 1.63. The van der Waals surface area contributed by atoms with Crippen molar-refractivity contribution in [3.05, 3.63) is 30.3 Å². The molecule has 0 saturated carbocycles. The Morgan fingerprint density at radius 2 is 2.07 bits per heavy atom. The molecule has 3 nitrogen and oxygen atoms in total. The Labute approximate surface area is 83.7 Å². The van der Waals surface area contributed by atoms with Crippen LogP contribution in [0.3, 0.4) is 0 Å². The highest BCUT2D eigenvalue weighted by atomic mass is 16.5. The van der Waals surface area contributed by atoms with E-state index in [9.17, 15) is 5.11 Å². The molecule has 0 amide bonds. The molecule has 2 atom stereocenters. The van der Waals surface area contributed by atoms with E-state index in [1.165, 1.54) is 0 Å². The lowest BCUT2D eigenvalue weighted by molar-refractivity contribution is 0.0163. The van der Waals surface area contributed by atoms with Gasteiger partial charge in [0.2, 0.25) is 0 Å². The fourth-order valence-electron chi connectivity index (χ4n) is 1.63. The van der Waals surface area contributed by atoms with Gasteiger partial charge < -0.3 is 15.2 Å². The number of β-amino-alcohol motifs (C(OH)–C–C–N with tert-alkyl or cyclic N) is 1. The molecule has 76 valence electrons. The highest BCUT2D eigenvalue weighted by Gasteiger charge is 2.24. The summed E-state index contributed by atoms with van der Waals surface area (Å²) in [5.74, 6) is 0.832. The highest BCUT2D eigenvalue weighted by Crippen LogP contribution is 2.15. The number of aliphatic hydroxyl groups is 1. The number of nitrogens with one attached hydrogen (secondary N) is 1. The SMILES string of the molecule is OC1CNCCC1Oc1ccccc1. The molecule has 0 bridgehead atoms. The van der Waals surface area contributed by atoms with Gasteiger partial charge in [-0.15, -0.1) is 0 Å². The van der Waals surface area contributed by atoms with Gasteiger partial charge in [0.15, 0.2) is 0 Å². The summed E-state index contributed by atoms with van der Waals surface area (Å²) < 4.78 is 5.68. The first-order valence-corrected chi connectivity index (χ1v) is 4.97. The van der Waals surface area contributed by atoms with Crippen LogP contribution < -0.4 is 10.1 Å². The maximum absolute atomic E-state index is 9.64. The molecule has 0 spiro atoms. The summed E-state index contributed by atoms with van der Waals surface area (Å²) in [6, 6.07) is 9.64. The minimum Gasteiger partial charge on any atom is -0.488 e. The molecular formula is C11H15NO2. The van der Waals surface area contributed by atoms with Gasteiger partial charge in [-0.2, -0.15) is 0 Å². The first kappa shape index (κ1) is 9.49. The molecule has 2 rings (SSSR count). The summed E-state index contributed by atoms with van der Waals surface area (Å²) >= 11 is 0. The number of benzene rings is 1. The second-order valence-electron chi connectivity index (χ2n) is 3.53. The van der Waals surface area contributed by atoms with Crippen LogP contribution in [0.5, 0.6) is 5.75 Å². The molecule has 0 aromatic heterocycles. The summed E-state index contributed by atoms with van der Waals surface area (Å²) in [5.41, 5.74) is 0.